The van der Waals surface area contributed by atoms with Gasteiger partial charge in [0, 0.05) is 57.7 Å². The van der Waals surface area contributed by atoms with Gasteiger partial charge in [0.2, 0.25) is 5.91 Å². The van der Waals surface area contributed by atoms with Crippen molar-refractivity contribution in [2.75, 3.05) is 60.7 Å². The number of benzene rings is 1. The molecule has 0 spiro atoms. The fourth-order valence-electron chi connectivity index (χ4n) is 4.24. The summed E-state index contributed by atoms with van der Waals surface area (Å²) in [6, 6.07) is 12.5. The molecule has 0 unspecified atom stereocenters. The number of methoxy groups -OCH3 is 3. The van der Waals surface area contributed by atoms with Crippen LogP contribution in [0.15, 0.2) is 41.8 Å². The van der Waals surface area contributed by atoms with Gasteiger partial charge in [-0.05, 0) is 29.0 Å². The monoisotopic (exact) mass is 432 g/mol. The van der Waals surface area contributed by atoms with E-state index in [1.54, 1.807) is 32.7 Å². The number of para-hydroxylation sites is 1. The minimum absolute atomic E-state index is 0.00466. The van der Waals surface area contributed by atoms with Gasteiger partial charge < -0.3 is 19.1 Å². The number of amides is 1. The van der Waals surface area contributed by atoms with Gasteiger partial charge in [0.1, 0.15) is 12.4 Å². The summed E-state index contributed by atoms with van der Waals surface area (Å²) in [5.41, 5.74) is 1.21. The summed E-state index contributed by atoms with van der Waals surface area (Å²) < 4.78 is 16.0. The predicted octanol–water partition coefficient (Wildman–Crippen LogP) is 3.09. The highest BCUT2D eigenvalue weighted by molar-refractivity contribution is 7.09. The number of likely N-dealkylation sites (tertiary alicyclic amines) is 1. The average Bonchev–Trinajstić information content (AvgIpc) is 3.41. The molecule has 1 aromatic carbocycles. The number of ether oxygens (including phenoxy) is 3. The molecule has 0 aliphatic carbocycles. The summed E-state index contributed by atoms with van der Waals surface area (Å²) in [5.74, 6) is 1.52. The Morgan fingerprint density at radius 3 is 2.67 bits per heavy atom. The Labute approximate surface area is 183 Å². The highest BCUT2D eigenvalue weighted by Gasteiger charge is 2.37. The van der Waals surface area contributed by atoms with Gasteiger partial charge in [-0.1, -0.05) is 24.3 Å². The highest BCUT2D eigenvalue weighted by Crippen LogP contribution is 2.38. The van der Waals surface area contributed by atoms with Gasteiger partial charge in [-0.2, -0.15) is 0 Å². The van der Waals surface area contributed by atoms with Crippen LogP contribution < -0.4 is 4.74 Å². The second kappa shape index (κ2) is 11.5. The molecule has 0 saturated carbocycles. The average molecular weight is 433 g/mol. The van der Waals surface area contributed by atoms with E-state index in [1.165, 1.54) is 10.4 Å². The van der Waals surface area contributed by atoms with E-state index in [1.807, 2.05) is 17.0 Å². The first-order chi connectivity index (χ1) is 14.7. The Morgan fingerprint density at radius 1 is 1.13 bits per heavy atom. The van der Waals surface area contributed by atoms with Crippen LogP contribution in [-0.2, 0) is 20.8 Å². The SMILES string of the molecule is COCCN(C[C@@H]1CN(Cc2cccs2)C[C@H]1c1ccccc1OC)C(=O)COC. The van der Waals surface area contributed by atoms with E-state index in [-0.39, 0.29) is 12.5 Å². The topological polar surface area (TPSA) is 51.2 Å². The second-order valence-corrected chi connectivity index (χ2v) is 8.68. The molecule has 1 amide bonds. The first-order valence-corrected chi connectivity index (χ1v) is 11.2. The quantitative estimate of drug-likeness (QED) is 0.546. The molecule has 0 radical (unpaired) electrons. The van der Waals surface area contributed by atoms with Gasteiger partial charge in [0.15, 0.2) is 0 Å². The standard InChI is InChI=1S/C23H32N2O4S/c1-27-11-10-25(23(26)17-28-2)14-18-13-24(15-19-7-6-12-30-19)16-21(18)20-8-4-5-9-22(20)29-3/h4-9,12,18,21H,10-11,13-17H2,1-3H3/t18-,21+/m0/s1. The molecule has 0 bridgehead atoms. The second-order valence-electron chi connectivity index (χ2n) is 7.65. The third-order valence-corrected chi connectivity index (χ3v) is 6.52. The van der Waals surface area contributed by atoms with E-state index in [0.717, 1.165) is 25.4 Å². The number of carbonyl (C=O) groups excluding carboxylic acids is 1. The third-order valence-electron chi connectivity index (χ3n) is 5.66. The Bertz CT molecular complexity index is 783. The van der Waals surface area contributed by atoms with Crippen molar-refractivity contribution >= 4 is 17.2 Å². The van der Waals surface area contributed by atoms with E-state index < -0.39 is 0 Å². The van der Waals surface area contributed by atoms with Crippen molar-refractivity contribution in [2.45, 2.75) is 12.5 Å². The van der Waals surface area contributed by atoms with Crippen LogP contribution >= 0.6 is 11.3 Å². The fourth-order valence-corrected chi connectivity index (χ4v) is 4.99. The van der Waals surface area contributed by atoms with Gasteiger partial charge in [0.05, 0.1) is 13.7 Å². The summed E-state index contributed by atoms with van der Waals surface area (Å²) in [6.45, 7) is 4.66. The Kier molecular flexibility index (Phi) is 8.69. The largest absolute Gasteiger partial charge is 0.496 e. The van der Waals surface area contributed by atoms with Gasteiger partial charge in [0.25, 0.3) is 0 Å². The molecule has 30 heavy (non-hydrogen) atoms. The van der Waals surface area contributed by atoms with E-state index in [4.69, 9.17) is 14.2 Å². The number of carbonyl (C=O) groups is 1. The normalized spacial score (nSPS) is 19.2. The first kappa shape index (κ1) is 22.7. The molecule has 1 aliphatic heterocycles. The zero-order valence-electron chi connectivity index (χ0n) is 18.1. The molecular formula is C23H32N2O4S. The van der Waals surface area contributed by atoms with Gasteiger partial charge in [-0.3, -0.25) is 9.69 Å². The lowest BCUT2D eigenvalue weighted by Crippen LogP contribution is -2.41. The van der Waals surface area contributed by atoms with E-state index >= 15 is 0 Å². The van der Waals surface area contributed by atoms with Crippen molar-refractivity contribution in [2.24, 2.45) is 5.92 Å². The van der Waals surface area contributed by atoms with Crippen molar-refractivity contribution in [3.05, 3.63) is 52.2 Å². The van der Waals surface area contributed by atoms with Crippen LogP contribution in [0, 0.1) is 5.92 Å². The maximum atomic E-state index is 12.6. The number of thiophene rings is 1. The van der Waals surface area contributed by atoms with Crippen LogP contribution in [0.3, 0.4) is 0 Å². The first-order valence-electron chi connectivity index (χ1n) is 10.3. The number of hydrogen-bond donors (Lipinski definition) is 0. The molecule has 7 heteroatoms. The molecule has 0 N–H and O–H groups in total. The summed E-state index contributed by atoms with van der Waals surface area (Å²) in [4.78, 5) is 18.4. The van der Waals surface area contributed by atoms with Crippen molar-refractivity contribution < 1.29 is 19.0 Å². The fraction of sp³-hybridized carbons (Fsp3) is 0.522. The molecule has 2 heterocycles. The molecule has 1 saturated heterocycles. The molecule has 1 aromatic heterocycles. The summed E-state index contributed by atoms with van der Waals surface area (Å²) >= 11 is 1.79. The molecule has 1 aliphatic rings. The molecule has 2 atom stereocenters. The van der Waals surface area contributed by atoms with Crippen LogP contribution in [-0.4, -0.2) is 76.4 Å². The summed E-state index contributed by atoms with van der Waals surface area (Å²) in [7, 11) is 4.94. The van der Waals surface area contributed by atoms with Crippen molar-refractivity contribution in [1.29, 1.82) is 0 Å². The van der Waals surface area contributed by atoms with Crippen molar-refractivity contribution in [1.82, 2.24) is 9.80 Å². The van der Waals surface area contributed by atoms with Gasteiger partial charge in [-0.15, -0.1) is 11.3 Å². The van der Waals surface area contributed by atoms with Crippen LogP contribution in [0.25, 0.3) is 0 Å². The maximum absolute atomic E-state index is 12.6. The molecule has 6 nitrogen and oxygen atoms in total. The van der Waals surface area contributed by atoms with Crippen molar-refractivity contribution in [3.63, 3.8) is 0 Å². The lowest BCUT2D eigenvalue weighted by Gasteiger charge is -2.28. The van der Waals surface area contributed by atoms with Crippen LogP contribution in [0.4, 0.5) is 0 Å². The van der Waals surface area contributed by atoms with E-state index in [0.29, 0.717) is 31.5 Å². The lowest BCUT2D eigenvalue weighted by atomic mass is 9.88. The Morgan fingerprint density at radius 2 is 1.97 bits per heavy atom. The molecule has 2 aromatic rings. The van der Waals surface area contributed by atoms with Crippen LogP contribution in [0.2, 0.25) is 0 Å². The van der Waals surface area contributed by atoms with E-state index in [9.17, 15) is 4.79 Å². The minimum atomic E-state index is 0.00466. The summed E-state index contributed by atoms with van der Waals surface area (Å²) in [6.07, 6.45) is 0. The van der Waals surface area contributed by atoms with Crippen LogP contribution in [0.5, 0.6) is 5.75 Å². The third kappa shape index (κ3) is 5.82. The number of hydrogen-bond acceptors (Lipinski definition) is 6. The molecule has 1 fully saturated rings. The number of nitrogens with zero attached hydrogens (tertiary/aromatic N) is 2. The zero-order chi connectivity index (χ0) is 21.3. The van der Waals surface area contributed by atoms with E-state index in [2.05, 4.69) is 34.5 Å². The molecular weight excluding hydrogens is 400 g/mol. The minimum Gasteiger partial charge on any atom is -0.496 e. The number of rotatable bonds is 11. The smallest absolute Gasteiger partial charge is 0.248 e. The predicted molar refractivity (Wildman–Crippen MR) is 119 cm³/mol. The van der Waals surface area contributed by atoms with Gasteiger partial charge in [-0.25, -0.2) is 0 Å². The lowest BCUT2D eigenvalue weighted by molar-refractivity contribution is -0.136. The highest BCUT2D eigenvalue weighted by atomic mass is 32.1. The van der Waals surface area contributed by atoms with Gasteiger partial charge >= 0.3 is 0 Å². The zero-order valence-corrected chi connectivity index (χ0v) is 18.9. The van der Waals surface area contributed by atoms with Crippen molar-refractivity contribution in [3.8, 4) is 5.75 Å². The molecule has 164 valence electrons. The molecule has 3 rings (SSSR count). The van der Waals surface area contributed by atoms with Crippen LogP contribution in [0.1, 0.15) is 16.4 Å². The Balaban J connectivity index is 1.81. The Hall–Kier alpha value is -1.93. The maximum Gasteiger partial charge on any atom is 0.248 e. The summed E-state index contributed by atoms with van der Waals surface area (Å²) in [5, 5.41) is 2.12.